The Kier molecular flexibility index (Phi) is 32.7. The Balaban J connectivity index is 2.29. The van der Waals surface area contributed by atoms with E-state index in [-0.39, 0.29) is 18.0 Å². The molecule has 1 fully saturated rings. The number of carbonyl (C=O) groups is 2. The summed E-state index contributed by atoms with van der Waals surface area (Å²) in [6.07, 6.45) is 36.5. The van der Waals surface area contributed by atoms with Crippen molar-refractivity contribution in [2.24, 2.45) is 17.6 Å². The highest BCUT2D eigenvalue weighted by Gasteiger charge is 2.31. The molecule has 6 heteroatoms. The van der Waals surface area contributed by atoms with Crippen LogP contribution in [-0.2, 0) is 19.1 Å². The molecule has 296 valence electrons. The summed E-state index contributed by atoms with van der Waals surface area (Å²) in [5.41, 5.74) is 5.91. The highest BCUT2D eigenvalue weighted by Crippen LogP contribution is 2.32. The normalized spacial score (nSPS) is 16.4. The van der Waals surface area contributed by atoms with Gasteiger partial charge in [0.05, 0.1) is 6.61 Å². The first kappa shape index (κ1) is 46.9. The van der Waals surface area contributed by atoms with Crippen molar-refractivity contribution < 1.29 is 19.1 Å². The van der Waals surface area contributed by atoms with Gasteiger partial charge in [-0.05, 0) is 69.6 Å². The molecule has 50 heavy (non-hydrogen) atoms. The van der Waals surface area contributed by atoms with E-state index in [1.165, 1.54) is 135 Å². The topological polar surface area (TPSA) is 81.9 Å². The van der Waals surface area contributed by atoms with Gasteiger partial charge in [-0.2, -0.15) is 0 Å². The fraction of sp³-hybridized carbons (Fsp3) is 0.955. The first-order valence-electron chi connectivity index (χ1n) is 22.3. The van der Waals surface area contributed by atoms with Gasteiger partial charge in [0.15, 0.2) is 0 Å². The zero-order valence-corrected chi connectivity index (χ0v) is 33.8. The largest absolute Gasteiger partial charge is 0.466 e. The van der Waals surface area contributed by atoms with E-state index in [1.54, 1.807) is 0 Å². The number of hydrogen-bond donors (Lipinski definition) is 1. The summed E-state index contributed by atoms with van der Waals surface area (Å²) in [7, 11) is 0. The van der Waals surface area contributed by atoms with Crippen LogP contribution in [0.5, 0.6) is 0 Å². The highest BCUT2D eigenvalue weighted by molar-refractivity contribution is 5.69. The van der Waals surface area contributed by atoms with Gasteiger partial charge in [0.25, 0.3) is 0 Å². The zero-order chi connectivity index (χ0) is 36.3. The van der Waals surface area contributed by atoms with Crippen molar-refractivity contribution >= 4 is 11.9 Å². The Morgan fingerprint density at radius 2 is 1.00 bits per heavy atom. The Morgan fingerprint density at radius 3 is 1.52 bits per heavy atom. The van der Waals surface area contributed by atoms with E-state index in [0.717, 1.165) is 71.0 Å². The summed E-state index contributed by atoms with van der Waals surface area (Å²) in [4.78, 5) is 27.7. The number of ether oxygens (including phenoxy) is 2. The lowest BCUT2D eigenvalue weighted by atomic mass is 9.87. The third-order valence-corrected chi connectivity index (χ3v) is 11.1. The first-order chi connectivity index (χ1) is 24.5. The number of nitrogens with two attached hydrogens (primary N) is 1. The Hall–Kier alpha value is -1.14. The molecule has 0 aromatic carbocycles. The molecule has 0 amide bonds. The summed E-state index contributed by atoms with van der Waals surface area (Å²) < 4.78 is 11.6. The van der Waals surface area contributed by atoms with E-state index in [4.69, 9.17) is 15.2 Å². The summed E-state index contributed by atoms with van der Waals surface area (Å²) in [5, 5.41) is 0. The molecule has 6 nitrogen and oxygen atoms in total. The number of hydrogen-bond acceptors (Lipinski definition) is 6. The molecule has 0 bridgehead atoms. The SMILES string of the molecule is CCCCCCCCCCCOC(=O)CCCC1CN(CCN)CC1CCCCCC(=O)OC(CCCCCCCC)CCCCCCCC. The molecule has 0 aromatic heterocycles. The number of esters is 2. The van der Waals surface area contributed by atoms with Gasteiger partial charge in [-0.1, -0.05) is 149 Å². The molecule has 2 atom stereocenters. The number of rotatable bonds is 37. The van der Waals surface area contributed by atoms with Gasteiger partial charge < -0.3 is 20.1 Å². The molecule has 1 heterocycles. The van der Waals surface area contributed by atoms with E-state index >= 15 is 0 Å². The summed E-state index contributed by atoms with van der Waals surface area (Å²) in [6.45, 7) is 11.2. The number of likely N-dealkylation sites (tertiary alicyclic amines) is 1. The minimum atomic E-state index is -0.0222. The maximum Gasteiger partial charge on any atom is 0.306 e. The lowest BCUT2D eigenvalue weighted by Gasteiger charge is -2.19. The zero-order valence-electron chi connectivity index (χ0n) is 33.8. The fourth-order valence-electron chi connectivity index (χ4n) is 7.90. The quantitative estimate of drug-likeness (QED) is 0.0511. The average molecular weight is 707 g/mol. The second kappa shape index (κ2) is 34.9. The van der Waals surface area contributed by atoms with Crippen LogP contribution in [0.1, 0.15) is 220 Å². The van der Waals surface area contributed by atoms with Crippen molar-refractivity contribution in [2.45, 2.75) is 226 Å². The van der Waals surface area contributed by atoms with Crippen LogP contribution >= 0.6 is 0 Å². The van der Waals surface area contributed by atoms with Crippen LogP contribution in [0, 0.1) is 11.8 Å². The summed E-state index contributed by atoms with van der Waals surface area (Å²) in [6, 6.07) is 0. The standard InChI is InChI=1S/C44H86N2O4/c1-4-7-10-13-16-17-18-21-27-37-49-43(47)34-28-30-41-39-46(36-35-45)38-40(41)29-23-22-26-33-44(48)50-42(31-24-19-14-11-8-5-2)32-25-20-15-12-9-6-3/h40-42H,4-39,45H2,1-3H3. The maximum absolute atomic E-state index is 12.8. The van der Waals surface area contributed by atoms with Gasteiger partial charge in [0.2, 0.25) is 0 Å². The smallest absolute Gasteiger partial charge is 0.306 e. The fourth-order valence-corrected chi connectivity index (χ4v) is 7.90. The van der Waals surface area contributed by atoms with E-state index in [1.807, 2.05) is 0 Å². The Labute approximate surface area is 311 Å². The van der Waals surface area contributed by atoms with Crippen LogP contribution in [0.2, 0.25) is 0 Å². The minimum Gasteiger partial charge on any atom is -0.466 e. The minimum absolute atomic E-state index is 0.0181. The number of carbonyl (C=O) groups excluding carboxylic acids is 2. The molecule has 0 spiro atoms. The van der Waals surface area contributed by atoms with Crippen LogP contribution in [0.15, 0.2) is 0 Å². The third kappa shape index (κ3) is 27.5. The van der Waals surface area contributed by atoms with Crippen molar-refractivity contribution in [2.75, 3.05) is 32.8 Å². The molecule has 0 aliphatic carbocycles. The molecule has 0 saturated carbocycles. The van der Waals surface area contributed by atoms with Crippen LogP contribution in [0.25, 0.3) is 0 Å². The Morgan fingerprint density at radius 1 is 0.560 bits per heavy atom. The predicted molar refractivity (Wildman–Crippen MR) is 213 cm³/mol. The van der Waals surface area contributed by atoms with Gasteiger partial charge in [-0.3, -0.25) is 9.59 Å². The van der Waals surface area contributed by atoms with Gasteiger partial charge in [-0.15, -0.1) is 0 Å². The molecule has 2 N–H and O–H groups in total. The summed E-state index contributed by atoms with van der Waals surface area (Å²) >= 11 is 0. The maximum atomic E-state index is 12.8. The van der Waals surface area contributed by atoms with Crippen LogP contribution < -0.4 is 5.73 Å². The second-order valence-corrected chi connectivity index (χ2v) is 15.8. The van der Waals surface area contributed by atoms with Crippen LogP contribution in [0.4, 0.5) is 0 Å². The van der Waals surface area contributed by atoms with Gasteiger partial charge in [0, 0.05) is 39.0 Å². The van der Waals surface area contributed by atoms with Crippen molar-refractivity contribution in [1.29, 1.82) is 0 Å². The predicted octanol–water partition coefficient (Wildman–Crippen LogP) is 12.1. The van der Waals surface area contributed by atoms with E-state index in [2.05, 4.69) is 25.7 Å². The molecular formula is C44H86N2O4. The molecule has 1 aliphatic rings. The van der Waals surface area contributed by atoms with E-state index in [9.17, 15) is 9.59 Å². The number of unbranched alkanes of at least 4 members (excludes halogenated alkanes) is 20. The third-order valence-electron chi connectivity index (χ3n) is 11.1. The molecule has 1 rings (SSSR count). The van der Waals surface area contributed by atoms with Crippen molar-refractivity contribution in [1.82, 2.24) is 4.90 Å². The van der Waals surface area contributed by atoms with Crippen LogP contribution in [-0.4, -0.2) is 55.7 Å². The number of nitrogens with zero attached hydrogens (tertiary/aromatic N) is 1. The van der Waals surface area contributed by atoms with Gasteiger partial charge in [-0.25, -0.2) is 0 Å². The summed E-state index contributed by atoms with van der Waals surface area (Å²) in [5.74, 6) is 1.28. The molecule has 1 saturated heterocycles. The molecule has 0 aromatic rings. The first-order valence-corrected chi connectivity index (χ1v) is 22.3. The van der Waals surface area contributed by atoms with Crippen molar-refractivity contribution in [3.05, 3.63) is 0 Å². The van der Waals surface area contributed by atoms with E-state index < -0.39 is 0 Å². The molecule has 0 radical (unpaired) electrons. The lowest BCUT2D eigenvalue weighted by Crippen LogP contribution is -2.27. The second-order valence-electron chi connectivity index (χ2n) is 15.8. The molecule has 2 unspecified atom stereocenters. The monoisotopic (exact) mass is 707 g/mol. The van der Waals surface area contributed by atoms with Crippen LogP contribution in [0.3, 0.4) is 0 Å². The molecular weight excluding hydrogens is 620 g/mol. The van der Waals surface area contributed by atoms with Crippen molar-refractivity contribution in [3.8, 4) is 0 Å². The van der Waals surface area contributed by atoms with Gasteiger partial charge >= 0.3 is 11.9 Å². The lowest BCUT2D eigenvalue weighted by molar-refractivity contribution is -0.150. The van der Waals surface area contributed by atoms with Crippen molar-refractivity contribution in [3.63, 3.8) is 0 Å². The highest BCUT2D eigenvalue weighted by atomic mass is 16.5. The molecule has 1 aliphatic heterocycles. The Bertz CT molecular complexity index is 746. The average Bonchev–Trinajstić information content (AvgIpc) is 3.49. The van der Waals surface area contributed by atoms with E-state index in [0.29, 0.717) is 37.8 Å². The van der Waals surface area contributed by atoms with Gasteiger partial charge in [0.1, 0.15) is 6.10 Å².